The first kappa shape index (κ1) is 21.4. The average molecular weight is 430 g/mol. The highest BCUT2D eigenvalue weighted by atomic mass is 19.1. The second-order valence-corrected chi connectivity index (χ2v) is 7.77. The van der Waals surface area contributed by atoms with Crippen LogP contribution in [0.25, 0.3) is 10.8 Å². The van der Waals surface area contributed by atoms with E-state index in [1.807, 2.05) is 18.2 Å². The van der Waals surface area contributed by atoms with E-state index in [-0.39, 0.29) is 23.8 Å². The number of hydrogen-bond donors (Lipinski definition) is 0. The van der Waals surface area contributed by atoms with Crippen molar-refractivity contribution in [2.45, 2.75) is 25.9 Å². The molecule has 0 N–H and O–H groups in total. The minimum absolute atomic E-state index is 0.172. The molecule has 2 heterocycles. The summed E-state index contributed by atoms with van der Waals surface area (Å²) in [5.74, 6) is -1.14. The molecular formula is C25H23FN4O2. The fraction of sp³-hybridized carbons (Fsp3) is 0.200. The molecule has 0 saturated heterocycles. The Morgan fingerprint density at radius 2 is 1.75 bits per heavy atom. The van der Waals surface area contributed by atoms with Crippen molar-refractivity contribution in [1.29, 1.82) is 0 Å². The average Bonchev–Trinajstić information content (AvgIpc) is 2.81. The second kappa shape index (κ2) is 9.09. The molecule has 0 radical (unpaired) electrons. The zero-order valence-corrected chi connectivity index (χ0v) is 17.9. The molecule has 0 fully saturated rings. The number of aromatic nitrogens is 3. The number of nitrogens with zero attached hydrogens (tertiary/aromatic N) is 4. The van der Waals surface area contributed by atoms with E-state index in [0.717, 1.165) is 5.56 Å². The Hall–Kier alpha value is -3.87. The minimum Gasteiger partial charge on any atom is -0.333 e. The van der Waals surface area contributed by atoms with Gasteiger partial charge in [-0.25, -0.2) is 9.07 Å². The predicted molar refractivity (Wildman–Crippen MR) is 120 cm³/mol. The third kappa shape index (κ3) is 4.42. The molecule has 1 atom stereocenters. The predicted octanol–water partition coefficient (Wildman–Crippen LogP) is 3.80. The van der Waals surface area contributed by atoms with Gasteiger partial charge in [-0.1, -0.05) is 36.4 Å². The molecule has 4 rings (SSSR count). The molecule has 0 aliphatic carbocycles. The van der Waals surface area contributed by atoms with Crippen LogP contribution in [0.1, 0.15) is 29.7 Å². The van der Waals surface area contributed by atoms with Gasteiger partial charge in [0.25, 0.3) is 5.56 Å². The van der Waals surface area contributed by atoms with E-state index in [0.29, 0.717) is 28.6 Å². The molecule has 32 heavy (non-hydrogen) atoms. The molecule has 2 aromatic heterocycles. The van der Waals surface area contributed by atoms with Gasteiger partial charge in [-0.05, 0) is 42.3 Å². The van der Waals surface area contributed by atoms with E-state index in [4.69, 9.17) is 0 Å². The molecule has 4 aromatic rings. The maximum Gasteiger partial charge on any atom is 0.274 e. The minimum atomic E-state index is -0.614. The van der Waals surface area contributed by atoms with Gasteiger partial charge in [0.15, 0.2) is 0 Å². The van der Waals surface area contributed by atoms with Crippen molar-refractivity contribution in [2.75, 3.05) is 0 Å². The van der Waals surface area contributed by atoms with Crippen LogP contribution in [-0.4, -0.2) is 25.6 Å². The fourth-order valence-corrected chi connectivity index (χ4v) is 3.82. The zero-order chi connectivity index (χ0) is 22.7. The monoisotopic (exact) mass is 430 g/mol. The summed E-state index contributed by atoms with van der Waals surface area (Å²) >= 11 is 0. The van der Waals surface area contributed by atoms with Gasteiger partial charge in [0.05, 0.1) is 17.0 Å². The highest BCUT2D eigenvalue weighted by Gasteiger charge is 2.26. The molecule has 1 unspecified atom stereocenters. The summed E-state index contributed by atoms with van der Waals surface area (Å²) in [7, 11) is 1.58. The standard InChI is InChI=1S/C25H23FN4O2/c1-17(23-21-10-3-4-11-22(21)25(32)29(2)28-23)24(31)30(16-19-8-6-12-27-14-19)15-18-7-5-9-20(26)13-18/h3-14,17H,15-16H2,1-2H3. The number of pyridine rings is 1. The van der Waals surface area contributed by atoms with Crippen LogP contribution in [-0.2, 0) is 24.9 Å². The molecule has 0 aliphatic heterocycles. The maximum atomic E-state index is 13.8. The van der Waals surface area contributed by atoms with Crippen molar-refractivity contribution in [2.24, 2.45) is 7.05 Å². The number of carbonyl (C=O) groups excluding carboxylic acids is 1. The van der Waals surface area contributed by atoms with Gasteiger partial charge in [-0.15, -0.1) is 0 Å². The Morgan fingerprint density at radius 1 is 1.03 bits per heavy atom. The molecule has 2 aromatic carbocycles. The Balaban J connectivity index is 1.72. The van der Waals surface area contributed by atoms with Gasteiger partial charge in [-0.2, -0.15) is 5.10 Å². The smallest absolute Gasteiger partial charge is 0.274 e. The van der Waals surface area contributed by atoms with E-state index >= 15 is 0 Å². The number of aryl methyl sites for hydroxylation is 1. The van der Waals surface area contributed by atoms with Crippen molar-refractivity contribution >= 4 is 16.7 Å². The van der Waals surface area contributed by atoms with Crippen LogP contribution in [0.15, 0.2) is 77.9 Å². The fourth-order valence-electron chi connectivity index (χ4n) is 3.82. The number of carbonyl (C=O) groups is 1. The molecule has 6 nitrogen and oxygen atoms in total. The number of halogens is 1. The number of fused-ring (bicyclic) bond motifs is 1. The first-order chi connectivity index (χ1) is 15.4. The zero-order valence-electron chi connectivity index (χ0n) is 17.9. The summed E-state index contributed by atoms with van der Waals surface area (Å²) in [6.07, 6.45) is 3.38. The SMILES string of the molecule is CC(C(=O)N(Cc1cccnc1)Cc1cccc(F)c1)c1nn(C)c(=O)c2ccccc12. The van der Waals surface area contributed by atoms with Crippen molar-refractivity contribution in [3.8, 4) is 0 Å². The lowest BCUT2D eigenvalue weighted by atomic mass is 9.99. The summed E-state index contributed by atoms with van der Waals surface area (Å²) in [6, 6.07) is 17.1. The molecule has 7 heteroatoms. The maximum absolute atomic E-state index is 13.8. The molecule has 0 saturated carbocycles. The van der Waals surface area contributed by atoms with E-state index in [9.17, 15) is 14.0 Å². The van der Waals surface area contributed by atoms with Crippen LogP contribution < -0.4 is 5.56 Å². The quantitative estimate of drug-likeness (QED) is 0.467. The topological polar surface area (TPSA) is 68.1 Å². The molecular weight excluding hydrogens is 407 g/mol. The summed E-state index contributed by atoms with van der Waals surface area (Å²) in [6.45, 7) is 2.33. The summed E-state index contributed by atoms with van der Waals surface area (Å²) in [4.78, 5) is 31.9. The lowest BCUT2D eigenvalue weighted by molar-refractivity contribution is -0.133. The van der Waals surface area contributed by atoms with Crippen LogP contribution >= 0.6 is 0 Å². The van der Waals surface area contributed by atoms with Crippen LogP contribution in [0.3, 0.4) is 0 Å². The van der Waals surface area contributed by atoms with E-state index < -0.39 is 5.92 Å². The van der Waals surface area contributed by atoms with Crippen molar-refractivity contribution in [3.63, 3.8) is 0 Å². The Morgan fingerprint density at radius 3 is 2.47 bits per heavy atom. The Kier molecular flexibility index (Phi) is 6.07. The first-order valence-corrected chi connectivity index (χ1v) is 10.3. The summed E-state index contributed by atoms with van der Waals surface area (Å²) in [5.41, 5.74) is 1.87. The van der Waals surface area contributed by atoms with Gasteiger partial charge in [0.1, 0.15) is 5.82 Å². The van der Waals surface area contributed by atoms with E-state index in [1.165, 1.54) is 16.8 Å². The van der Waals surface area contributed by atoms with Gasteiger partial charge in [0.2, 0.25) is 5.91 Å². The summed E-state index contributed by atoms with van der Waals surface area (Å²) in [5, 5.41) is 5.59. The van der Waals surface area contributed by atoms with Crippen LogP contribution in [0, 0.1) is 5.82 Å². The number of benzene rings is 2. The molecule has 162 valence electrons. The highest BCUT2D eigenvalue weighted by molar-refractivity contribution is 5.91. The third-order valence-corrected chi connectivity index (χ3v) is 5.44. The van der Waals surface area contributed by atoms with E-state index in [2.05, 4.69) is 10.1 Å². The van der Waals surface area contributed by atoms with Gasteiger partial charge < -0.3 is 4.90 Å². The van der Waals surface area contributed by atoms with Gasteiger partial charge in [-0.3, -0.25) is 14.6 Å². The van der Waals surface area contributed by atoms with Gasteiger partial charge >= 0.3 is 0 Å². The van der Waals surface area contributed by atoms with Crippen molar-refractivity contribution in [3.05, 3.63) is 106 Å². The number of amides is 1. The van der Waals surface area contributed by atoms with Crippen LogP contribution in [0.5, 0.6) is 0 Å². The molecule has 0 spiro atoms. The molecule has 0 aliphatic rings. The Labute approximate surface area is 185 Å². The summed E-state index contributed by atoms with van der Waals surface area (Å²) < 4.78 is 15.0. The van der Waals surface area contributed by atoms with Crippen molar-refractivity contribution in [1.82, 2.24) is 19.7 Å². The van der Waals surface area contributed by atoms with Crippen LogP contribution in [0.4, 0.5) is 4.39 Å². The normalized spacial score (nSPS) is 12.0. The van der Waals surface area contributed by atoms with Crippen molar-refractivity contribution < 1.29 is 9.18 Å². The third-order valence-electron chi connectivity index (χ3n) is 5.44. The lowest BCUT2D eigenvalue weighted by Crippen LogP contribution is -2.35. The highest BCUT2D eigenvalue weighted by Crippen LogP contribution is 2.25. The molecule has 1 amide bonds. The largest absolute Gasteiger partial charge is 0.333 e. The number of rotatable bonds is 6. The molecule has 0 bridgehead atoms. The Bertz CT molecular complexity index is 1320. The number of hydrogen-bond acceptors (Lipinski definition) is 4. The van der Waals surface area contributed by atoms with Crippen LogP contribution in [0.2, 0.25) is 0 Å². The first-order valence-electron chi connectivity index (χ1n) is 10.3. The van der Waals surface area contributed by atoms with Gasteiger partial charge in [0, 0.05) is 37.9 Å². The lowest BCUT2D eigenvalue weighted by Gasteiger charge is -2.26. The second-order valence-electron chi connectivity index (χ2n) is 7.77. The van der Waals surface area contributed by atoms with E-state index in [1.54, 1.807) is 61.6 Å².